The van der Waals surface area contributed by atoms with Crippen LogP contribution in [0.1, 0.15) is 21.7 Å². The van der Waals surface area contributed by atoms with E-state index in [1.54, 1.807) is 17.2 Å². The largest absolute Gasteiger partial charge is 0.484 e. The summed E-state index contributed by atoms with van der Waals surface area (Å²) >= 11 is 0. The molecule has 144 valence electrons. The number of carbonyl (C=O) groups excluding carboxylic acids is 1. The van der Waals surface area contributed by atoms with Crippen LogP contribution in [0.3, 0.4) is 0 Å². The number of ether oxygens (including phenoxy) is 3. The van der Waals surface area contributed by atoms with Crippen LogP contribution in [0.2, 0.25) is 0 Å². The Balaban J connectivity index is 1.34. The van der Waals surface area contributed by atoms with E-state index in [1.807, 2.05) is 25.1 Å². The fourth-order valence-corrected chi connectivity index (χ4v) is 3.29. The molecule has 2 aromatic heterocycles. The number of amides is 1. The monoisotopic (exact) mass is 380 g/mol. The number of hydrogen-bond donors (Lipinski definition) is 0. The first kappa shape index (κ1) is 18.3. The molecule has 2 saturated heterocycles. The van der Waals surface area contributed by atoms with Gasteiger partial charge in [0.2, 0.25) is 0 Å². The first-order chi connectivity index (χ1) is 13.6. The molecule has 0 spiro atoms. The summed E-state index contributed by atoms with van der Waals surface area (Å²) in [5.74, 6) is 0.538. The van der Waals surface area contributed by atoms with E-state index in [1.165, 1.54) is 12.3 Å². The Morgan fingerprint density at radius 2 is 1.89 bits per heavy atom. The molecule has 0 bridgehead atoms. The predicted molar refractivity (Wildman–Crippen MR) is 97.7 cm³/mol. The molecule has 8 nitrogen and oxygen atoms in total. The van der Waals surface area contributed by atoms with Gasteiger partial charge in [-0.2, -0.15) is 5.26 Å². The minimum absolute atomic E-state index is 0.143. The molecule has 0 radical (unpaired) electrons. The summed E-state index contributed by atoms with van der Waals surface area (Å²) in [5.41, 5.74) is 1.66. The average Bonchev–Trinajstić information content (AvgIpc) is 3.05. The number of pyridine rings is 2. The van der Waals surface area contributed by atoms with E-state index in [0.717, 1.165) is 5.69 Å². The van der Waals surface area contributed by atoms with Crippen LogP contribution in [-0.2, 0) is 9.47 Å². The molecular formula is C20H20N4O4. The van der Waals surface area contributed by atoms with Gasteiger partial charge in [-0.3, -0.25) is 9.78 Å². The second-order valence-corrected chi connectivity index (χ2v) is 6.87. The van der Waals surface area contributed by atoms with Gasteiger partial charge in [-0.15, -0.1) is 0 Å². The van der Waals surface area contributed by atoms with E-state index in [9.17, 15) is 4.79 Å². The number of nitrogens with zero attached hydrogens (tertiary/aromatic N) is 4. The Bertz CT molecular complexity index is 863. The lowest BCUT2D eigenvalue weighted by Gasteiger charge is -2.19. The Morgan fingerprint density at radius 3 is 2.46 bits per heavy atom. The Hall–Kier alpha value is -3.02. The number of aromatic nitrogens is 2. The topological polar surface area (TPSA) is 97.6 Å². The molecule has 0 aromatic carbocycles. The van der Waals surface area contributed by atoms with Crippen LogP contribution in [-0.4, -0.2) is 65.4 Å². The number of fused-ring (bicyclic) bond motifs is 1. The zero-order valence-electron chi connectivity index (χ0n) is 15.4. The summed E-state index contributed by atoms with van der Waals surface area (Å²) in [4.78, 5) is 22.5. The van der Waals surface area contributed by atoms with Crippen molar-refractivity contribution in [3.63, 3.8) is 0 Å². The number of carbonyl (C=O) groups is 1. The second-order valence-electron chi connectivity index (χ2n) is 6.87. The van der Waals surface area contributed by atoms with Crippen molar-refractivity contribution in [2.24, 2.45) is 0 Å². The molecule has 0 aliphatic carbocycles. The fourth-order valence-electron chi connectivity index (χ4n) is 3.29. The zero-order valence-corrected chi connectivity index (χ0v) is 15.4. The van der Waals surface area contributed by atoms with E-state index in [4.69, 9.17) is 19.5 Å². The van der Waals surface area contributed by atoms with Crippen LogP contribution in [0.25, 0.3) is 0 Å². The van der Waals surface area contributed by atoms with E-state index < -0.39 is 0 Å². The standard InChI is InChI=1S/C20H20N4O4/c1-13-2-5-16(8-22-13)28-17-11-26-18-9-24(10-19(18)27-12-17)20(25)14-3-4-15(6-21)23-7-14/h2-5,7-8,17-19H,9-12H2,1H3/t18-,19-/m0/s1. The molecule has 4 rings (SSSR count). The van der Waals surface area contributed by atoms with Crippen molar-refractivity contribution in [1.82, 2.24) is 14.9 Å². The molecule has 0 N–H and O–H groups in total. The molecule has 0 saturated carbocycles. The summed E-state index contributed by atoms with van der Waals surface area (Å²) in [6.45, 7) is 3.58. The van der Waals surface area contributed by atoms with Crippen molar-refractivity contribution in [3.8, 4) is 11.8 Å². The van der Waals surface area contributed by atoms with E-state index >= 15 is 0 Å². The summed E-state index contributed by atoms with van der Waals surface area (Å²) in [6, 6.07) is 8.86. The van der Waals surface area contributed by atoms with Crippen molar-refractivity contribution in [2.45, 2.75) is 25.2 Å². The summed E-state index contributed by atoms with van der Waals surface area (Å²) in [7, 11) is 0. The first-order valence-electron chi connectivity index (χ1n) is 9.10. The molecule has 1 amide bonds. The molecule has 2 aromatic rings. The van der Waals surface area contributed by atoms with Gasteiger partial charge in [0.05, 0.1) is 25.0 Å². The molecule has 0 unspecified atom stereocenters. The molecule has 2 aliphatic heterocycles. The average molecular weight is 380 g/mol. The van der Waals surface area contributed by atoms with E-state index in [0.29, 0.717) is 37.6 Å². The van der Waals surface area contributed by atoms with Gasteiger partial charge in [0.25, 0.3) is 5.91 Å². The number of nitriles is 1. The Labute approximate surface area is 162 Å². The predicted octanol–water partition coefficient (Wildman–Crippen LogP) is 1.34. The molecular weight excluding hydrogens is 360 g/mol. The Kier molecular flexibility index (Phi) is 5.19. The highest BCUT2D eigenvalue weighted by atomic mass is 16.6. The fraction of sp³-hybridized carbons (Fsp3) is 0.400. The maximum Gasteiger partial charge on any atom is 0.255 e. The van der Waals surface area contributed by atoms with E-state index in [2.05, 4.69) is 9.97 Å². The third-order valence-electron chi connectivity index (χ3n) is 4.81. The lowest BCUT2D eigenvalue weighted by Crippen LogP contribution is -2.33. The van der Waals surface area contributed by atoms with E-state index in [-0.39, 0.29) is 29.9 Å². The number of likely N-dealkylation sites (tertiary alicyclic amines) is 1. The Morgan fingerprint density at radius 1 is 1.14 bits per heavy atom. The highest BCUT2D eigenvalue weighted by molar-refractivity contribution is 5.94. The highest BCUT2D eigenvalue weighted by Gasteiger charge is 2.40. The molecule has 8 heteroatoms. The highest BCUT2D eigenvalue weighted by Crippen LogP contribution is 2.23. The molecule has 2 fully saturated rings. The molecule has 2 aliphatic rings. The lowest BCUT2D eigenvalue weighted by molar-refractivity contribution is -0.00461. The van der Waals surface area contributed by atoms with Crippen LogP contribution in [0.4, 0.5) is 0 Å². The molecule has 2 atom stereocenters. The second kappa shape index (κ2) is 7.92. The van der Waals surface area contributed by atoms with Crippen molar-refractivity contribution in [3.05, 3.63) is 53.6 Å². The van der Waals surface area contributed by atoms with Gasteiger partial charge in [0, 0.05) is 25.0 Å². The normalized spacial score (nSPS) is 22.2. The van der Waals surface area contributed by atoms with Crippen molar-refractivity contribution < 1.29 is 19.0 Å². The minimum atomic E-state index is -0.220. The van der Waals surface area contributed by atoms with Gasteiger partial charge in [-0.1, -0.05) is 0 Å². The SMILES string of the molecule is Cc1ccc(OC2CO[C@H]3CN(C(=O)c4ccc(C#N)nc4)C[C@@H]3OC2)cn1. The zero-order chi connectivity index (χ0) is 19.5. The quantitative estimate of drug-likeness (QED) is 0.793. The lowest BCUT2D eigenvalue weighted by atomic mass is 10.2. The smallest absolute Gasteiger partial charge is 0.255 e. The van der Waals surface area contributed by atoms with Crippen LogP contribution >= 0.6 is 0 Å². The van der Waals surface area contributed by atoms with Crippen LogP contribution in [0.15, 0.2) is 36.7 Å². The van der Waals surface area contributed by atoms with Gasteiger partial charge in [-0.25, -0.2) is 4.98 Å². The van der Waals surface area contributed by atoms with Gasteiger partial charge in [0.1, 0.15) is 35.8 Å². The maximum atomic E-state index is 12.7. The summed E-state index contributed by atoms with van der Waals surface area (Å²) in [5, 5.41) is 8.82. The maximum absolute atomic E-state index is 12.7. The van der Waals surface area contributed by atoms with Gasteiger partial charge < -0.3 is 19.1 Å². The molecule has 4 heterocycles. The summed E-state index contributed by atoms with van der Waals surface area (Å²) in [6.07, 6.45) is 2.51. The van der Waals surface area contributed by atoms with Crippen molar-refractivity contribution in [1.29, 1.82) is 5.26 Å². The van der Waals surface area contributed by atoms with Crippen molar-refractivity contribution in [2.75, 3.05) is 26.3 Å². The number of rotatable bonds is 3. The molecule has 28 heavy (non-hydrogen) atoms. The number of aryl methyl sites for hydroxylation is 1. The van der Waals surface area contributed by atoms with Gasteiger partial charge >= 0.3 is 0 Å². The van der Waals surface area contributed by atoms with Crippen molar-refractivity contribution >= 4 is 5.91 Å². The summed E-state index contributed by atoms with van der Waals surface area (Å²) < 4.78 is 17.8. The van der Waals surface area contributed by atoms with Crippen LogP contribution in [0.5, 0.6) is 5.75 Å². The van der Waals surface area contributed by atoms with Crippen LogP contribution < -0.4 is 4.74 Å². The van der Waals surface area contributed by atoms with Gasteiger partial charge in [0.15, 0.2) is 0 Å². The van der Waals surface area contributed by atoms with Crippen LogP contribution in [0, 0.1) is 18.3 Å². The number of hydrogen-bond acceptors (Lipinski definition) is 7. The minimum Gasteiger partial charge on any atom is -0.484 e. The third-order valence-corrected chi connectivity index (χ3v) is 4.81. The first-order valence-corrected chi connectivity index (χ1v) is 9.10. The van der Waals surface area contributed by atoms with Gasteiger partial charge in [-0.05, 0) is 31.2 Å². The third kappa shape index (κ3) is 3.96.